The van der Waals surface area contributed by atoms with Gasteiger partial charge in [0.1, 0.15) is 0 Å². The number of rotatable bonds is 7. The lowest BCUT2D eigenvalue weighted by Crippen LogP contribution is -2.42. The molecule has 0 aliphatic carbocycles. The molecule has 1 aliphatic heterocycles. The fraction of sp³-hybridized carbons (Fsp3) is 0.522. The summed E-state index contributed by atoms with van der Waals surface area (Å²) in [6.07, 6.45) is 0.643. The van der Waals surface area contributed by atoms with E-state index in [0.29, 0.717) is 13.0 Å². The molecule has 168 valence electrons. The first-order valence-electron chi connectivity index (χ1n) is 10.4. The van der Waals surface area contributed by atoms with Crippen molar-refractivity contribution in [3.63, 3.8) is 0 Å². The normalized spacial score (nSPS) is 19.8. The highest BCUT2D eigenvalue weighted by molar-refractivity contribution is 7.13. The third kappa shape index (κ3) is 6.35. The van der Waals surface area contributed by atoms with Crippen LogP contribution in [0.15, 0.2) is 29.8 Å². The summed E-state index contributed by atoms with van der Waals surface area (Å²) in [5, 5.41) is 6.25. The number of nitrogens with zero attached hydrogens (tertiary/aromatic N) is 1. The Balaban J connectivity index is 1.70. The summed E-state index contributed by atoms with van der Waals surface area (Å²) >= 11 is 1.59. The second kappa shape index (κ2) is 9.89. The minimum atomic E-state index is -0.471. The molecule has 8 heteroatoms. The van der Waals surface area contributed by atoms with Crippen LogP contribution in [0.5, 0.6) is 0 Å². The van der Waals surface area contributed by atoms with E-state index in [1.54, 1.807) is 11.3 Å². The Labute approximate surface area is 187 Å². The predicted octanol–water partition coefficient (Wildman–Crippen LogP) is 3.38. The van der Waals surface area contributed by atoms with Gasteiger partial charge >= 0.3 is 5.97 Å². The number of thiazole rings is 1. The zero-order valence-corrected chi connectivity index (χ0v) is 19.5. The molecule has 31 heavy (non-hydrogen) atoms. The molecule has 0 saturated carbocycles. The van der Waals surface area contributed by atoms with E-state index in [9.17, 15) is 9.59 Å². The summed E-state index contributed by atoms with van der Waals surface area (Å²) in [6, 6.07) is 7.04. The summed E-state index contributed by atoms with van der Waals surface area (Å²) < 4.78 is 10.8. The number of aromatic nitrogens is 1. The number of nitrogens with one attached hydrogen (secondary N) is 2. The van der Waals surface area contributed by atoms with Gasteiger partial charge < -0.3 is 20.1 Å². The van der Waals surface area contributed by atoms with Gasteiger partial charge in [0.2, 0.25) is 5.91 Å². The first-order valence-corrected chi connectivity index (χ1v) is 11.3. The fourth-order valence-electron chi connectivity index (χ4n) is 3.71. The molecule has 3 atom stereocenters. The Morgan fingerprint density at radius 1 is 1.29 bits per heavy atom. The average Bonchev–Trinajstić information content (AvgIpc) is 3.35. The highest BCUT2D eigenvalue weighted by Gasteiger charge is 2.33. The van der Waals surface area contributed by atoms with Crippen LogP contribution in [0.1, 0.15) is 50.9 Å². The molecule has 1 aliphatic rings. The Kier molecular flexibility index (Phi) is 7.46. The maximum absolute atomic E-state index is 12.9. The molecule has 7 nitrogen and oxygen atoms in total. The zero-order valence-electron chi connectivity index (χ0n) is 18.7. The van der Waals surface area contributed by atoms with Crippen LogP contribution in [0.4, 0.5) is 0 Å². The maximum atomic E-state index is 12.9. The lowest BCUT2D eigenvalue weighted by molar-refractivity contribution is -0.141. The molecular weight excluding hydrogens is 414 g/mol. The second-order valence-electron chi connectivity index (χ2n) is 8.78. The van der Waals surface area contributed by atoms with Gasteiger partial charge in [0.05, 0.1) is 53.4 Å². The molecule has 0 radical (unpaired) electrons. The van der Waals surface area contributed by atoms with E-state index < -0.39 is 6.04 Å². The molecule has 1 aromatic heterocycles. The average molecular weight is 446 g/mol. The third-order valence-corrected chi connectivity index (χ3v) is 6.14. The van der Waals surface area contributed by atoms with Crippen LogP contribution in [-0.2, 0) is 19.1 Å². The van der Waals surface area contributed by atoms with Crippen LogP contribution in [0.3, 0.4) is 0 Å². The predicted molar refractivity (Wildman–Crippen MR) is 121 cm³/mol. The number of hydrogen-bond acceptors (Lipinski definition) is 7. The SMILES string of the molecule is COC(=O)C[C@H](NC(=O)[C@@H]1C[C@@H](OC(C)(C)C)CN1)c1ccc(-c2scnc2C)cc1. The molecule has 0 unspecified atom stereocenters. The van der Waals surface area contributed by atoms with Gasteiger partial charge in [0, 0.05) is 6.54 Å². The Bertz CT molecular complexity index is 904. The Hall–Kier alpha value is -2.29. The van der Waals surface area contributed by atoms with Gasteiger partial charge in [-0.1, -0.05) is 24.3 Å². The quantitative estimate of drug-likeness (QED) is 0.635. The fourth-order valence-corrected chi connectivity index (χ4v) is 4.52. The summed E-state index contributed by atoms with van der Waals surface area (Å²) in [6.45, 7) is 8.61. The van der Waals surface area contributed by atoms with Crippen LogP contribution in [0, 0.1) is 6.92 Å². The third-order valence-electron chi connectivity index (χ3n) is 5.16. The summed E-state index contributed by atoms with van der Waals surface area (Å²) in [5.41, 5.74) is 4.46. The number of ether oxygens (including phenoxy) is 2. The number of benzene rings is 1. The topological polar surface area (TPSA) is 89.5 Å². The minimum Gasteiger partial charge on any atom is -0.469 e. The van der Waals surface area contributed by atoms with Gasteiger partial charge in [-0.25, -0.2) is 4.98 Å². The van der Waals surface area contributed by atoms with Crippen molar-refractivity contribution in [3.8, 4) is 10.4 Å². The molecule has 1 aromatic carbocycles. The van der Waals surface area contributed by atoms with Crippen molar-refractivity contribution in [3.05, 3.63) is 41.0 Å². The first-order chi connectivity index (χ1) is 14.7. The van der Waals surface area contributed by atoms with Crippen LogP contribution in [0.25, 0.3) is 10.4 Å². The molecule has 2 aromatic rings. The number of hydrogen-bond donors (Lipinski definition) is 2. The summed E-state index contributed by atoms with van der Waals surface area (Å²) in [7, 11) is 1.35. The molecule has 3 rings (SSSR count). The van der Waals surface area contributed by atoms with E-state index in [4.69, 9.17) is 9.47 Å². The number of carbonyl (C=O) groups is 2. The van der Waals surface area contributed by atoms with Crippen LogP contribution < -0.4 is 10.6 Å². The van der Waals surface area contributed by atoms with Gasteiger partial charge in [-0.2, -0.15) is 0 Å². The van der Waals surface area contributed by atoms with E-state index in [1.807, 2.05) is 57.5 Å². The highest BCUT2D eigenvalue weighted by atomic mass is 32.1. The largest absolute Gasteiger partial charge is 0.469 e. The van der Waals surface area contributed by atoms with Crippen LogP contribution in [0.2, 0.25) is 0 Å². The van der Waals surface area contributed by atoms with Gasteiger partial charge in [-0.15, -0.1) is 11.3 Å². The highest BCUT2D eigenvalue weighted by Crippen LogP contribution is 2.29. The zero-order chi connectivity index (χ0) is 22.6. The van der Waals surface area contributed by atoms with E-state index in [2.05, 4.69) is 15.6 Å². The molecule has 1 saturated heterocycles. The standard InChI is InChI=1S/C23H31N3O4S/c1-14-21(31-13-25-14)16-8-6-15(7-9-16)18(11-20(27)29-5)26-22(28)19-10-17(12-24-19)30-23(2,3)4/h6-9,13,17-19,24H,10-12H2,1-5H3,(H,26,28)/t17-,18+,19+/m1/s1. The molecule has 2 N–H and O–H groups in total. The molecular formula is C23H31N3O4S. The van der Waals surface area contributed by atoms with Crippen molar-refractivity contribution in [1.29, 1.82) is 0 Å². The maximum Gasteiger partial charge on any atom is 0.307 e. The smallest absolute Gasteiger partial charge is 0.307 e. The lowest BCUT2D eigenvalue weighted by atomic mass is 10.0. The van der Waals surface area contributed by atoms with E-state index >= 15 is 0 Å². The summed E-state index contributed by atoms with van der Waals surface area (Å²) in [4.78, 5) is 30.3. The van der Waals surface area contributed by atoms with E-state index in [1.165, 1.54) is 7.11 Å². The van der Waals surface area contributed by atoms with E-state index in [0.717, 1.165) is 21.7 Å². The van der Waals surface area contributed by atoms with Crippen molar-refractivity contribution in [2.75, 3.05) is 13.7 Å². The lowest BCUT2D eigenvalue weighted by Gasteiger charge is -2.24. The van der Waals surface area contributed by atoms with Gasteiger partial charge in [0.15, 0.2) is 0 Å². The van der Waals surface area contributed by atoms with Crippen molar-refractivity contribution in [2.24, 2.45) is 0 Å². The first kappa shape index (κ1) is 23.4. The van der Waals surface area contributed by atoms with Crippen LogP contribution >= 0.6 is 11.3 Å². The van der Waals surface area contributed by atoms with Gasteiger partial charge in [0.25, 0.3) is 0 Å². The van der Waals surface area contributed by atoms with Crippen LogP contribution in [-0.4, -0.2) is 48.3 Å². The molecule has 2 heterocycles. The number of aryl methyl sites for hydroxylation is 1. The van der Waals surface area contributed by atoms with Crippen molar-refractivity contribution >= 4 is 23.2 Å². The summed E-state index contributed by atoms with van der Waals surface area (Å²) in [5.74, 6) is -0.516. The number of carbonyl (C=O) groups excluding carboxylic acids is 2. The van der Waals surface area contributed by atoms with Crippen molar-refractivity contribution < 1.29 is 19.1 Å². The number of esters is 1. The monoisotopic (exact) mass is 445 g/mol. The van der Waals surface area contributed by atoms with Crippen molar-refractivity contribution in [1.82, 2.24) is 15.6 Å². The number of amides is 1. The Morgan fingerprint density at radius 2 is 2.00 bits per heavy atom. The molecule has 1 fully saturated rings. The second-order valence-corrected chi connectivity index (χ2v) is 9.63. The van der Waals surface area contributed by atoms with Gasteiger partial charge in [-0.3, -0.25) is 9.59 Å². The van der Waals surface area contributed by atoms with E-state index in [-0.39, 0.29) is 36.0 Å². The van der Waals surface area contributed by atoms with Gasteiger partial charge in [-0.05, 0) is 45.2 Å². The van der Waals surface area contributed by atoms with Crippen molar-refractivity contribution in [2.45, 2.75) is 64.3 Å². The minimum absolute atomic E-state index is 0.0169. The molecule has 0 bridgehead atoms. The number of methoxy groups -OCH3 is 1. The molecule has 1 amide bonds. The Morgan fingerprint density at radius 3 is 2.58 bits per heavy atom. The molecule has 0 spiro atoms.